The molecule has 1 aliphatic carbocycles. The molecule has 0 saturated heterocycles. The van der Waals surface area contributed by atoms with Gasteiger partial charge in [0, 0.05) is 12.1 Å². The highest BCUT2D eigenvalue weighted by molar-refractivity contribution is 5.99. The smallest absolute Gasteiger partial charge is 0.0859 e. The van der Waals surface area contributed by atoms with E-state index in [1.807, 2.05) is 26.0 Å². The lowest BCUT2D eigenvalue weighted by atomic mass is 9.87. The molecule has 7 aromatic rings. The lowest BCUT2D eigenvalue weighted by molar-refractivity contribution is 0.970. The minimum atomic E-state index is 0.753. The molecule has 0 N–H and O–H groups in total. The summed E-state index contributed by atoms with van der Waals surface area (Å²) < 4.78 is 0. The molecular formula is C48H40N2. The van der Waals surface area contributed by atoms with Gasteiger partial charge < -0.3 is 4.90 Å². The van der Waals surface area contributed by atoms with E-state index in [1.54, 1.807) is 0 Å². The number of fused-ring (bicyclic) bond motifs is 8. The van der Waals surface area contributed by atoms with Crippen molar-refractivity contribution in [2.75, 3.05) is 4.90 Å². The highest BCUT2D eigenvalue weighted by atomic mass is 15.2. The van der Waals surface area contributed by atoms with Crippen molar-refractivity contribution in [2.45, 2.75) is 34.2 Å². The third-order valence-corrected chi connectivity index (χ3v) is 10.3. The first kappa shape index (κ1) is 31.3. The van der Waals surface area contributed by atoms with Crippen molar-refractivity contribution in [3.05, 3.63) is 161 Å². The van der Waals surface area contributed by atoms with Crippen LogP contribution in [0.25, 0.3) is 66.9 Å². The summed E-state index contributed by atoms with van der Waals surface area (Å²) in [5.74, 6) is 0. The van der Waals surface area contributed by atoms with Gasteiger partial charge in [0.05, 0.1) is 17.1 Å². The first-order valence-corrected chi connectivity index (χ1v) is 17.6. The van der Waals surface area contributed by atoms with Crippen LogP contribution in [0.1, 0.15) is 38.8 Å². The van der Waals surface area contributed by atoms with Crippen LogP contribution in [0.5, 0.6) is 0 Å². The number of hydrogen-bond donors (Lipinski definition) is 0. The van der Waals surface area contributed by atoms with E-state index in [-0.39, 0.29) is 0 Å². The molecule has 50 heavy (non-hydrogen) atoms. The van der Waals surface area contributed by atoms with E-state index in [1.165, 1.54) is 88.1 Å². The minimum Gasteiger partial charge on any atom is -0.335 e. The molecule has 0 atom stereocenters. The first-order chi connectivity index (χ1) is 24.6. The Labute approximate surface area is 295 Å². The molecule has 0 amide bonds. The van der Waals surface area contributed by atoms with Gasteiger partial charge >= 0.3 is 0 Å². The van der Waals surface area contributed by atoms with Crippen LogP contribution in [0.4, 0.5) is 17.1 Å². The van der Waals surface area contributed by atoms with E-state index in [9.17, 15) is 0 Å². The van der Waals surface area contributed by atoms with Gasteiger partial charge in [0.1, 0.15) is 0 Å². The van der Waals surface area contributed by atoms with E-state index in [0.29, 0.717) is 0 Å². The number of rotatable bonds is 4. The summed E-state index contributed by atoms with van der Waals surface area (Å²) in [4.78, 5) is 6.84. The molecule has 0 bridgehead atoms. The predicted octanol–water partition coefficient (Wildman–Crippen LogP) is 11.9. The molecule has 0 fully saturated rings. The first-order valence-electron chi connectivity index (χ1n) is 17.6. The topological polar surface area (TPSA) is 15.6 Å². The Bertz CT molecular complexity index is 2590. The van der Waals surface area contributed by atoms with Crippen molar-refractivity contribution < 1.29 is 0 Å². The van der Waals surface area contributed by atoms with E-state index >= 15 is 0 Å². The molecule has 0 unspecified atom stereocenters. The third kappa shape index (κ3) is 4.91. The van der Waals surface area contributed by atoms with Crippen molar-refractivity contribution >= 4 is 46.2 Å². The van der Waals surface area contributed by atoms with Crippen molar-refractivity contribution in [3.8, 4) is 44.5 Å². The fourth-order valence-electron chi connectivity index (χ4n) is 8.05. The molecule has 2 heteroatoms. The Balaban J connectivity index is 0.00000177. The summed E-state index contributed by atoms with van der Waals surface area (Å²) in [6.45, 7) is 13.1. The monoisotopic (exact) mass is 644 g/mol. The van der Waals surface area contributed by atoms with Crippen molar-refractivity contribution in [2.24, 2.45) is 4.99 Å². The van der Waals surface area contributed by atoms with Crippen LogP contribution >= 0.6 is 0 Å². The van der Waals surface area contributed by atoms with Gasteiger partial charge in [-0.1, -0.05) is 135 Å². The fraction of sp³-hybridized carbons (Fsp3) is 0.104. The zero-order chi connectivity index (χ0) is 34.4. The van der Waals surface area contributed by atoms with Gasteiger partial charge in [0.25, 0.3) is 0 Å². The third-order valence-electron chi connectivity index (χ3n) is 10.3. The molecular weight excluding hydrogens is 605 g/mol. The Hall–Kier alpha value is -5.99. The summed E-state index contributed by atoms with van der Waals surface area (Å²) >= 11 is 0. The summed E-state index contributed by atoms with van der Waals surface area (Å²) in [5.41, 5.74) is 17.2. The van der Waals surface area contributed by atoms with Gasteiger partial charge in [-0.15, -0.1) is 0 Å². The highest BCUT2D eigenvalue weighted by Crippen LogP contribution is 2.48. The minimum absolute atomic E-state index is 0.753. The van der Waals surface area contributed by atoms with E-state index in [0.717, 1.165) is 17.9 Å². The SMILES string of the molecule is C=Nc1ccccc1N1Cc2c(ccc3ccccc23)-c2ccc(-c3cccc(-c4ccc5c(/c4=C\C)=C(C)c4ccccc4-5)c3)cc21.CC. The maximum atomic E-state index is 4.43. The largest absolute Gasteiger partial charge is 0.335 e. The van der Waals surface area contributed by atoms with Crippen LogP contribution in [0.3, 0.4) is 0 Å². The summed E-state index contributed by atoms with van der Waals surface area (Å²) in [7, 11) is 0. The Morgan fingerprint density at radius 1 is 0.580 bits per heavy atom. The number of anilines is 2. The standard InChI is InChI=1S/C46H34N2.C2H6/c1-4-34-37(24-25-41-38-17-8-7-15-35(38)29(2)46(34)41)33-14-11-13-31(26-33)32-21-23-40-39-22-20-30-12-5-6-16-36(30)42(39)28-48(45(40)27-32)44-19-10-9-18-43(44)47-3;1-2/h4-27H,3,28H2,1-2H3;1-2H3/b34-4-;. The van der Waals surface area contributed by atoms with Gasteiger partial charge in [0.15, 0.2) is 0 Å². The van der Waals surface area contributed by atoms with E-state index < -0.39 is 0 Å². The lowest BCUT2D eigenvalue weighted by Gasteiger charge is -2.34. The lowest BCUT2D eigenvalue weighted by Crippen LogP contribution is -2.28. The Morgan fingerprint density at radius 3 is 2.10 bits per heavy atom. The molecule has 1 heterocycles. The fourth-order valence-corrected chi connectivity index (χ4v) is 8.05. The molecule has 7 aromatic carbocycles. The number of aliphatic imine (C=N–C) groups is 1. The summed E-state index contributed by atoms with van der Waals surface area (Å²) in [5, 5.41) is 5.20. The summed E-state index contributed by atoms with van der Waals surface area (Å²) in [6, 6.07) is 50.9. The Kier molecular flexibility index (Phi) is 8.01. The van der Waals surface area contributed by atoms with Gasteiger partial charge in [0.2, 0.25) is 0 Å². The van der Waals surface area contributed by atoms with Crippen molar-refractivity contribution in [3.63, 3.8) is 0 Å². The van der Waals surface area contributed by atoms with Gasteiger partial charge in [-0.25, -0.2) is 0 Å². The van der Waals surface area contributed by atoms with Crippen molar-refractivity contribution in [1.29, 1.82) is 0 Å². The molecule has 1 aliphatic heterocycles. The predicted molar refractivity (Wildman–Crippen MR) is 216 cm³/mol. The van der Waals surface area contributed by atoms with Crippen LogP contribution in [-0.4, -0.2) is 6.72 Å². The Morgan fingerprint density at radius 2 is 1.26 bits per heavy atom. The normalized spacial score (nSPS) is 12.8. The van der Waals surface area contributed by atoms with Gasteiger partial charge in [-0.2, -0.15) is 0 Å². The molecule has 2 nitrogen and oxygen atoms in total. The molecule has 242 valence electrons. The average molecular weight is 645 g/mol. The molecule has 9 rings (SSSR count). The van der Waals surface area contributed by atoms with Gasteiger partial charge in [-0.3, -0.25) is 4.99 Å². The second-order valence-electron chi connectivity index (χ2n) is 12.8. The maximum absolute atomic E-state index is 4.43. The van der Waals surface area contributed by atoms with E-state index in [4.69, 9.17) is 0 Å². The second kappa shape index (κ2) is 12.8. The summed E-state index contributed by atoms with van der Waals surface area (Å²) in [6.07, 6.45) is 2.28. The zero-order valence-electron chi connectivity index (χ0n) is 29.2. The van der Waals surface area contributed by atoms with Crippen LogP contribution in [0.2, 0.25) is 0 Å². The molecule has 0 saturated carbocycles. The molecule has 0 radical (unpaired) electrons. The van der Waals surface area contributed by atoms with Crippen LogP contribution in [-0.2, 0) is 6.54 Å². The number of para-hydroxylation sites is 2. The maximum Gasteiger partial charge on any atom is 0.0859 e. The van der Waals surface area contributed by atoms with Crippen molar-refractivity contribution in [1.82, 2.24) is 0 Å². The zero-order valence-corrected chi connectivity index (χ0v) is 29.2. The van der Waals surface area contributed by atoms with Gasteiger partial charge in [-0.05, 0) is 122 Å². The molecule has 0 spiro atoms. The second-order valence-corrected chi connectivity index (χ2v) is 12.8. The van der Waals surface area contributed by atoms with E-state index in [2.05, 4.69) is 164 Å². The molecule has 0 aromatic heterocycles. The average Bonchev–Trinajstić information content (AvgIpc) is 3.49. The highest BCUT2D eigenvalue weighted by Gasteiger charge is 2.27. The van der Waals surface area contributed by atoms with Crippen LogP contribution in [0, 0.1) is 0 Å². The molecule has 2 aliphatic rings. The number of nitrogens with zero attached hydrogens (tertiary/aromatic N) is 2. The number of hydrogen-bond acceptors (Lipinski definition) is 2. The number of benzene rings is 7. The van der Waals surface area contributed by atoms with Crippen LogP contribution in [0.15, 0.2) is 145 Å². The quantitative estimate of drug-likeness (QED) is 0.174. The van der Waals surface area contributed by atoms with Crippen LogP contribution < -0.4 is 15.3 Å².